The van der Waals surface area contributed by atoms with Gasteiger partial charge in [0.25, 0.3) is 5.91 Å². The van der Waals surface area contributed by atoms with Crippen LogP contribution in [0.25, 0.3) is 10.6 Å². The fourth-order valence-corrected chi connectivity index (χ4v) is 3.24. The zero-order valence-electron chi connectivity index (χ0n) is 9.54. The van der Waals surface area contributed by atoms with Crippen LogP contribution in [0.3, 0.4) is 0 Å². The minimum Gasteiger partial charge on any atom is -0.378 e. The summed E-state index contributed by atoms with van der Waals surface area (Å²) in [6.45, 7) is 2.49. The van der Waals surface area contributed by atoms with E-state index in [1.807, 2.05) is 17.5 Å². The third-order valence-corrected chi connectivity index (χ3v) is 4.33. The summed E-state index contributed by atoms with van der Waals surface area (Å²) in [7, 11) is 0. The molecule has 5 nitrogen and oxygen atoms in total. The number of nitrogens with zero attached hydrogens (tertiary/aromatic N) is 3. The zero-order valence-corrected chi connectivity index (χ0v) is 11.2. The van der Waals surface area contributed by atoms with Gasteiger partial charge in [0.15, 0.2) is 0 Å². The van der Waals surface area contributed by atoms with Gasteiger partial charge in [0.05, 0.1) is 18.1 Å². The van der Waals surface area contributed by atoms with Crippen molar-refractivity contribution in [3.05, 3.63) is 22.4 Å². The van der Waals surface area contributed by atoms with Crippen LogP contribution in [0, 0.1) is 0 Å². The molecule has 3 heterocycles. The Hall–Kier alpha value is -1.31. The highest BCUT2D eigenvalue weighted by atomic mass is 32.1. The molecule has 18 heavy (non-hydrogen) atoms. The van der Waals surface area contributed by atoms with E-state index in [1.54, 1.807) is 16.2 Å². The number of hydrogen-bond donors (Lipinski definition) is 0. The predicted octanol–water partition coefficient (Wildman–Crippen LogP) is 1.74. The SMILES string of the molecule is O=C(c1snnc1-c1cccs1)N1CCOCC1. The number of thiophene rings is 1. The molecule has 0 saturated carbocycles. The lowest BCUT2D eigenvalue weighted by molar-refractivity contribution is 0.0306. The number of rotatable bonds is 2. The minimum atomic E-state index is 0.0108. The first kappa shape index (κ1) is 11.8. The van der Waals surface area contributed by atoms with Gasteiger partial charge in [-0.05, 0) is 23.0 Å². The smallest absolute Gasteiger partial charge is 0.268 e. The molecule has 0 aliphatic carbocycles. The molecule has 3 rings (SSSR count). The van der Waals surface area contributed by atoms with Gasteiger partial charge in [0.2, 0.25) is 0 Å². The molecule has 0 aromatic carbocycles. The molecule has 7 heteroatoms. The molecule has 94 valence electrons. The first-order valence-electron chi connectivity index (χ1n) is 5.59. The van der Waals surface area contributed by atoms with Crippen LogP contribution in [0.4, 0.5) is 0 Å². The molecule has 1 fully saturated rings. The molecule has 0 radical (unpaired) electrons. The van der Waals surface area contributed by atoms with E-state index < -0.39 is 0 Å². The van der Waals surface area contributed by atoms with Crippen LogP contribution in [0.1, 0.15) is 9.67 Å². The van der Waals surface area contributed by atoms with Crippen LogP contribution in [0.2, 0.25) is 0 Å². The van der Waals surface area contributed by atoms with Gasteiger partial charge in [0, 0.05) is 13.1 Å². The summed E-state index contributed by atoms with van der Waals surface area (Å²) in [5.74, 6) is 0.0108. The summed E-state index contributed by atoms with van der Waals surface area (Å²) in [6.07, 6.45) is 0. The Balaban J connectivity index is 1.88. The van der Waals surface area contributed by atoms with Crippen LogP contribution in [0.5, 0.6) is 0 Å². The Morgan fingerprint density at radius 2 is 2.22 bits per heavy atom. The van der Waals surface area contributed by atoms with E-state index in [0.29, 0.717) is 36.9 Å². The summed E-state index contributed by atoms with van der Waals surface area (Å²) < 4.78 is 9.16. The maximum Gasteiger partial charge on any atom is 0.268 e. The molecule has 0 N–H and O–H groups in total. The lowest BCUT2D eigenvalue weighted by Gasteiger charge is -2.26. The lowest BCUT2D eigenvalue weighted by Crippen LogP contribution is -2.40. The van der Waals surface area contributed by atoms with Gasteiger partial charge in [-0.25, -0.2) is 0 Å². The molecule has 0 atom stereocenters. The summed E-state index contributed by atoms with van der Waals surface area (Å²) in [4.78, 5) is 15.8. The van der Waals surface area contributed by atoms with Crippen molar-refractivity contribution >= 4 is 28.8 Å². The van der Waals surface area contributed by atoms with Crippen LogP contribution < -0.4 is 0 Å². The second kappa shape index (κ2) is 5.13. The summed E-state index contributed by atoms with van der Waals surface area (Å²) in [5, 5.41) is 6.04. The van der Waals surface area contributed by atoms with Crippen molar-refractivity contribution in [3.8, 4) is 10.6 Å². The van der Waals surface area contributed by atoms with Gasteiger partial charge in [0.1, 0.15) is 10.6 Å². The van der Waals surface area contributed by atoms with Crippen molar-refractivity contribution in [1.82, 2.24) is 14.5 Å². The number of amides is 1. The van der Waals surface area contributed by atoms with Crippen LogP contribution in [-0.4, -0.2) is 46.7 Å². The molecule has 2 aromatic rings. The molecule has 0 spiro atoms. The minimum absolute atomic E-state index is 0.0108. The van der Waals surface area contributed by atoms with Crippen molar-refractivity contribution in [2.24, 2.45) is 0 Å². The van der Waals surface area contributed by atoms with Crippen molar-refractivity contribution < 1.29 is 9.53 Å². The van der Waals surface area contributed by atoms with Gasteiger partial charge in [-0.15, -0.1) is 16.4 Å². The van der Waals surface area contributed by atoms with E-state index in [9.17, 15) is 4.79 Å². The summed E-state index contributed by atoms with van der Waals surface area (Å²) in [5.41, 5.74) is 0.700. The number of carbonyl (C=O) groups excluding carboxylic acids is 1. The monoisotopic (exact) mass is 281 g/mol. The maximum absolute atomic E-state index is 12.4. The Kier molecular flexibility index (Phi) is 3.35. The standard InChI is InChI=1S/C11H11N3O2S2/c15-11(14-3-5-16-6-4-14)10-9(12-13-18-10)8-2-1-7-17-8/h1-2,7H,3-6H2. The summed E-state index contributed by atoms with van der Waals surface area (Å²) >= 11 is 2.73. The molecule has 1 saturated heterocycles. The van der Waals surface area contributed by atoms with Crippen LogP contribution in [0.15, 0.2) is 17.5 Å². The van der Waals surface area contributed by atoms with Crippen molar-refractivity contribution in [1.29, 1.82) is 0 Å². The van der Waals surface area contributed by atoms with Crippen molar-refractivity contribution in [2.75, 3.05) is 26.3 Å². The van der Waals surface area contributed by atoms with E-state index in [4.69, 9.17) is 4.74 Å². The van der Waals surface area contributed by atoms with Crippen molar-refractivity contribution in [2.45, 2.75) is 0 Å². The fraction of sp³-hybridized carbons (Fsp3) is 0.364. The second-order valence-corrected chi connectivity index (χ2v) is 5.53. The molecule has 1 aliphatic heterocycles. The predicted molar refractivity (Wildman–Crippen MR) is 69.9 cm³/mol. The molecule has 1 aliphatic rings. The van der Waals surface area contributed by atoms with Crippen molar-refractivity contribution in [3.63, 3.8) is 0 Å². The molecule has 2 aromatic heterocycles. The molecule has 0 bridgehead atoms. The third kappa shape index (κ3) is 2.16. The fourth-order valence-electron chi connectivity index (χ4n) is 1.82. The topological polar surface area (TPSA) is 55.3 Å². The second-order valence-electron chi connectivity index (χ2n) is 3.83. The van der Waals surface area contributed by atoms with E-state index in [2.05, 4.69) is 9.59 Å². The Morgan fingerprint density at radius 3 is 2.94 bits per heavy atom. The van der Waals surface area contributed by atoms with E-state index in [1.165, 1.54) is 0 Å². The first-order chi connectivity index (χ1) is 8.86. The first-order valence-corrected chi connectivity index (χ1v) is 7.25. The Morgan fingerprint density at radius 1 is 1.39 bits per heavy atom. The number of morpholine rings is 1. The average molecular weight is 281 g/mol. The quantitative estimate of drug-likeness (QED) is 0.841. The van der Waals surface area contributed by atoms with E-state index in [-0.39, 0.29) is 5.91 Å². The van der Waals surface area contributed by atoms with Gasteiger partial charge in [-0.3, -0.25) is 4.79 Å². The molecule has 0 unspecified atom stereocenters. The third-order valence-electron chi connectivity index (χ3n) is 2.74. The number of ether oxygens (including phenoxy) is 1. The van der Waals surface area contributed by atoms with E-state index >= 15 is 0 Å². The van der Waals surface area contributed by atoms with Gasteiger partial charge < -0.3 is 9.64 Å². The molecule has 1 amide bonds. The average Bonchev–Trinajstić information content (AvgIpc) is 3.09. The molecular weight excluding hydrogens is 270 g/mol. The zero-order chi connectivity index (χ0) is 12.4. The molecular formula is C11H11N3O2S2. The van der Waals surface area contributed by atoms with Crippen LogP contribution in [-0.2, 0) is 4.74 Å². The highest BCUT2D eigenvalue weighted by Crippen LogP contribution is 2.28. The Bertz CT molecular complexity index is 532. The number of hydrogen-bond acceptors (Lipinski definition) is 6. The highest BCUT2D eigenvalue weighted by Gasteiger charge is 2.24. The summed E-state index contributed by atoms with van der Waals surface area (Å²) in [6, 6.07) is 3.90. The highest BCUT2D eigenvalue weighted by molar-refractivity contribution is 7.14. The van der Waals surface area contributed by atoms with Gasteiger partial charge in [-0.1, -0.05) is 10.6 Å². The van der Waals surface area contributed by atoms with Gasteiger partial charge in [-0.2, -0.15) is 0 Å². The largest absolute Gasteiger partial charge is 0.378 e. The number of aromatic nitrogens is 2. The lowest BCUT2D eigenvalue weighted by atomic mass is 10.2. The van der Waals surface area contributed by atoms with Gasteiger partial charge >= 0.3 is 0 Å². The van der Waals surface area contributed by atoms with Crippen LogP contribution >= 0.6 is 22.9 Å². The maximum atomic E-state index is 12.4. The normalized spacial score (nSPS) is 15.9. The number of carbonyl (C=O) groups is 1. The van der Waals surface area contributed by atoms with E-state index in [0.717, 1.165) is 16.4 Å². The Labute approximate surface area is 112 Å².